The van der Waals surface area contributed by atoms with E-state index in [9.17, 15) is 9.90 Å². The smallest absolute Gasteiger partial charge is 0.228 e. The summed E-state index contributed by atoms with van der Waals surface area (Å²) in [5, 5.41) is 14.2. The molecule has 5 nitrogen and oxygen atoms in total. The summed E-state index contributed by atoms with van der Waals surface area (Å²) in [5.74, 6) is 0.249. The Morgan fingerprint density at radius 1 is 1.43 bits per heavy atom. The summed E-state index contributed by atoms with van der Waals surface area (Å²) in [6.45, 7) is 2.84. The molecule has 0 saturated carbocycles. The molecule has 0 spiro atoms. The lowest BCUT2D eigenvalue weighted by molar-refractivity contribution is -0.135. The number of fused-ring (bicyclic) bond motifs is 1. The zero-order valence-electron chi connectivity index (χ0n) is 12.2. The van der Waals surface area contributed by atoms with Gasteiger partial charge < -0.3 is 14.5 Å². The molecule has 1 aliphatic rings. The van der Waals surface area contributed by atoms with E-state index in [1.54, 1.807) is 0 Å². The molecule has 1 fully saturated rings. The molecule has 112 valence electrons. The molecule has 5 heteroatoms. The quantitative estimate of drug-likeness (QED) is 0.938. The minimum Gasteiger partial charge on any atom is -0.396 e. The molecule has 2 unspecified atom stereocenters. The van der Waals surface area contributed by atoms with Crippen molar-refractivity contribution in [3.8, 4) is 0 Å². The first-order valence-electron chi connectivity index (χ1n) is 7.42. The van der Waals surface area contributed by atoms with Gasteiger partial charge in [-0.3, -0.25) is 4.79 Å². The molecular weight excluding hydrogens is 268 g/mol. The normalized spacial score (nSPS) is 22.7. The van der Waals surface area contributed by atoms with E-state index in [0.717, 1.165) is 18.2 Å². The van der Waals surface area contributed by atoms with Crippen LogP contribution in [0.4, 0.5) is 0 Å². The zero-order valence-corrected chi connectivity index (χ0v) is 12.2. The summed E-state index contributed by atoms with van der Waals surface area (Å²) in [6, 6.07) is 7.79. The van der Waals surface area contributed by atoms with Crippen LogP contribution in [-0.4, -0.2) is 40.3 Å². The van der Waals surface area contributed by atoms with Crippen LogP contribution in [0.15, 0.2) is 28.8 Å². The Bertz CT molecular complexity index is 637. The van der Waals surface area contributed by atoms with Crippen molar-refractivity contribution in [2.75, 3.05) is 13.2 Å². The van der Waals surface area contributed by atoms with E-state index in [-0.39, 0.29) is 30.9 Å². The van der Waals surface area contributed by atoms with Crippen molar-refractivity contribution in [1.29, 1.82) is 0 Å². The summed E-state index contributed by atoms with van der Waals surface area (Å²) in [7, 11) is 0. The molecule has 2 heterocycles. The monoisotopic (exact) mass is 288 g/mol. The van der Waals surface area contributed by atoms with Crippen LogP contribution in [-0.2, 0) is 11.2 Å². The molecule has 0 radical (unpaired) electrons. The lowest BCUT2D eigenvalue weighted by atomic mass is 9.93. The average Bonchev–Trinajstić information content (AvgIpc) is 2.91. The number of aliphatic hydroxyl groups excluding tert-OH is 1. The number of hydrogen-bond donors (Lipinski definition) is 1. The Morgan fingerprint density at radius 2 is 2.24 bits per heavy atom. The Hall–Kier alpha value is -1.88. The molecule has 1 aromatic heterocycles. The van der Waals surface area contributed by atoms with Crippen molar-refractivity contribution in [3.63, 3.8) is 0 Å². The standard InChI is InChI=1S/C16H20N2O3/c1-11-6-7-12(10-19)9-18(11)16(20)8-14-13-4-2-3-5-15(13)21-17-14/h2-5,11-12,19H,6-10H2,1H3. The molecule has 1 N–H and O–H groups in total. The molecular formula is C16H20N2O3. The highest BCUT2D eigenvalue weighted by molar-refractivity contribution is 5.86. The fourth-order valence-electron chi connectivity index (χ4n) is 2.99. The number of aliphatic hydroxyl groups is 1. The predicted octanol–water partition coefficient (Wildman–Crippen LogP) is 1.99. The second-order valence-corrected chi connectivity index (χ2v) is 5.82. The number of carbonyl (C=O) groups is 1. The molecule has 1 aromatic carbocycles. The van der Waals surface area contributed by atoms with Gasteiger partial charge in [-0.15, -0.1) is 0 Å². The van der Waals surface area contributed by atoms with Crippen LogP contribution in [0.1, 0.15) is 25.5 Å². The van der Waals surface area contributed by atoms with Gasteiger partial charge in [0.1, 0.15) is 5.69 Å². The number of para-hydroxylation sites is 1. The highest BCUT2D eigenvalue weighted by Crippen LogP contribution is 2.24. The third kappa shape index (κ3) is 2.78. The first-order valence-corrected chi connectivity index (χ1v) is 7.42. The fraction of sp³-hybridized carbons (Fsp3) is 0.500. The first kappa shape index (κ1) is 14.1. The third-order valence-electron chi connectivity index (χ3n) is 4.33. The molecule has 3 rings (SSSR count). The van der Waals surface area contributed by atoms with E-state index < -0.39 is 0 Å². The maximum Gasteiger partial charge on any atom is 0.228 e. The van der Waals surface area contributed by atoms with Gasteiger partial charge in [0.2, 0.25) is 5.91 Å². The van der Waals surface area contributed by atoms with Gasteiger partial charge >= 0.3 is 0 Å². The molecule has 1 aliphatic heterocycles. The lowest BCUT2D eigenvalue weighted by Crippen LogP contribution is -2.47. The van der Waals surface area contributed by atoms with Gasteiger partial charge in [0.25, 0.3) is 0 Å². The van der Waals surface area contributed by atoms with Crippen molar-refractivity contribution in [2.24, 2.45) is 5.92 Å². The van der Waals surface area contributed by atoms with Crippen LogP contribution >= 0.6 is 0 Å². The Morgan fingerprint density at radius 3 is 3.05 bits per heavy atom. The van der Waals surface area contributed by atoms with E-state index in [4.69, 9.17) is 4.52 Å². The van der Waals surface area contributed by atoms with Crippen LogP contribution in [0.5, 0.6) is 0 Å². The molecule has 0 bridgehead atoms. The summed E-state index contributed by atoms with van der Waals surface area (Å²) < 4.78 is 5.25. The summed E-state index contributed by atoms with van der Waals surface area (Å²) in [5.41, 5.74) is 1.40. The Kier molecular flexibility index (Phi) is 3.92. The number of benzene rings is 1. The largest absolute Gasteiger partial charge is 0.396 e. The summed E-state index contributed by atoms with van der Waals surface area (Å²) in [6.07, 6.45) is 2.17. The maximum absolute atomic E-state index is 12.5. The van der Waals surface area contributed by atoms with Gasteiger partial charge in [-0.05, 0) is 37.8 Å². The molecule has 2 aromatic rings. The van der Waals surface area contributed by atoms with Crippen molar-refractivity contribution < 1.29 is 14.4 Å². The predicted molar refractivity (Wildman–Crippen MR) is 78.7 cm³/mol. The molecule has 0 aliphatic carbocycles. The van der Waals surface area contributed by atoms with E-state index in [0.29, 0.717) is 17.8 Å². The second-order valence-electron chi connectivity index (χ2n) is 5.82. The third-order valence-corrected chi connectivity index (χ3v) is 4.33. The number of hydrogen-bond acceptors (Lipinski definition) is 4. The molecule has 21 heavy (non-hydrogen) atoms. The van der Waals surface area contributed by atoms with Crippen LogP contribution in [0.2, 0.25) is 0 Å². The number of nitrogens with zero attached hydrogens (tertiary/aromatic N) is 2. The highest BCUT2D eigenvalue weighted by Gasteiger charge is 2.29. The number of carbonyl (C=O) groups excluding carboxylic acids is 1. The van der Waals surface area contributed by atoms with Crippen molar-refractivity contribution in [1.82, 2.24) is 10.1 Å². The first-order chi connectivity index (χ1) is 10.2. The van der Waals surface area contributed by atoms with Crippen molar-refractivity contribution >= 4 is 16.9 Å². The van der Waals surface area contributed by atoms with Crippen LogP contribution in [0.25, 0.3) is 11.0 Å². The van der Waals surface area contributed by atoms with Crippen LogP contribution < -0.4 is 0 Å². The number of amides is 1. The Balaban J connectivity index is 1.76. The number of piperidine rings is 1. The maximum atomic E-state index is 12.5. The minimum absolute atomic E-state index is 0.0553. The van der Waals surface area contributed by atoms with Gasteiger partial charge in [-0.2, -0.15) is 0 Å². The van der Waals surface area contributed by atoms with Crippen molar-refractivity contribution in [3.05, 3.63) is 30.0 Å². The van der Waals surface area contributed by atoms with E-state index in [1.807, 2.05) is 29.2 Å². The van der Waals surface area contributed by atoms with Gasteiger partial charge in [0.15, 0.2) is 5.58 Å². The lowest BCUT2D eigenvalue weighted by Gasteiger charge is -2.37. The summed E-state index contributed by atoms with van der Waals surface area (Å²) >= 11 is 0. The molecule has 2 atom stereocenters. The van der Waals surface area contributed by atoms with Gasteiger partial charge in [0.05, 0.1) is 6.42 Å². The second kappa shape index (κ2) is 5.85. The molecule has 1 amide bonds. The van der Waals surface area contributed by atoms with Crippen LogP contribution in [0, 0.1) is 5.92 Å². The number of aromatic nitrogens is 1. The van der Waals surface area contributed by atoms with Gasteiger partial charge in [-0.25, -0.2) is 0 Å². The average molecular weight is 288 g/mol. The van der Waals surface area contributed by atoms with E-state index in [1.165, 1.54) is 0 Å². The topological polar surface area (TPSA) is 66.6 Å². The SMILES string of the molecule is CC1CCC(CO)CN1C(=O)Cc1noc2ccccc12. The fourth-order valence-corrected chi connectivity index (χ4v) is 2.99. The van der Waals surface area contributed by atoms with Gasteiger partial charge in [0, 0.05) is 24.6 Å². The van der Waals surface area contributed by atoms with E-state index >= 15 is 0 Å². The van der Waals surface area contributed by atoms with Crippen LogP contribution in [0.3, 0.4) is 0 Å². The highest BCUT2D eigenvalue weighted by atomic mass is 16.5. The van der Waals surface area contributed by atoms with Gasteiger partial charge in [-0.1, -0.05) is 17.3 Å². The Labute approximate surface area is 123 Å². The van der Waals surface area contributed by atoms with Crippen molar-refractivity contribution in [2.45, 2.75) is 32.2 Å². The van der Waals surface area contributed by atoms with E-state index in [2.05, 4.69) is 12.1 Å². The minimum atomic E-state index is 0.0553. The summed E-state index contributed by atoms with van der Waals surface area (Å²) in [4.78, 5) is 14.4. The molecule has 1 saturated heterocycles. The number of likely N-dealkylation sites (tertiary alicyclic amines) is 1. The number of rotatable bonds is 3. The zero-order chi connectivity index (χ0) is 14.8.